The van der Waals surface area contributed by atoms with E-state index in [1.165, 1.54) is 36.7 Å². The van der Waals surface area contributed by atoms with Crippen LogP contribution < -0.4 is 15.0 Å². The predicted octanol–water partition coefficient (Wildman–Crippen LogP) is 5.16. The number of carbonyl (C=O) groups is 1. The number of rotatable bonds is 7. The first-order valence-corrected chi connectivity index (χ1v) is 14.0. The number of amides is 1. The first-order chi connectivity index (χ1) is 21.1. The fourth-order valence-electron chi connectivity index (χ4n) is 5.91. The van der Waals surface area contributed by atoms with E-state index >= 15 is 13.2 Å². The van der Waals surface area contributed by atoms with E-state index in [2.05, 4.69) is 30.3 Å². The monoisotopic (exact) mass is 611 g/mol. The SMILES string of the molecule is CN(C)[C@@H]1CCN2CCN(c3c(NC(=O)c4coc(-c5ccnnc5)n4)ccc(Oc4ccccc4F)c3C(F)(F)F)C[C@@H]12. The van der Waals surface area contributed by atoms with E-state index in [1.54, 1.807) is 11.0 Å². The standard InChI is InChI=1S/C30H29F4N7O3/c1-39(2)22-10-12-40-13-14-41(16-23(22)40)27-20(37-28(42)21-17-43-29(38-21)18-9-11-35-36-15-18)7-8-25(26(27)30(32,33)34)44-24-6-4-3-5-19(24)31/h3-9,11,15,17,22-23H,10,12-14,16H2,1-2H3,(H,37,42)/t22-,23+/m1/s1. The van der Waals surface area contributed by atoms with Crippen LogP contribution in [0.25, 0.3) is 11.5 Å². The summed E-state index contributed by atoms with van der Waals surface area (Å²) in [7, 11) is 3.91. The lowest BCUT2D eigenvalue weighted by Gasteiger charge is -2.43. The minimum absolute atomic E-state index is 0.0356. The number of aromatic nitrogens is 3. The number of piperazine rings is 1. The van der Waals surface area contributed by atoms with Crippen LogP contribution in [0.3, 0.4) is 0 Å². The van der Waals surface area contributed by atoms with Gasteiger partial charge in [0.15, 0.2) is 17.3 Å². The second kappa shape index (κ2) is 11.8. The molecule has 4 heterocycles. The number of anilines is 2. The molecule has 2 atom stereocenters. The van der Waals surface area contributed by atoms with Gasteiger partial charge in [0.05, 0.1) is 29.3 Å². The Morgan fingerprint density at radius 2 is 1.89 bits per heavy atom. The summed E-state index contributed by atoms with van der Waals surface area (Å²) < 4.78 is 70.5. The highest BCUT2D eigenvalue weighted by atomic mass is 19.4. The van der Waals surface area contributed by atoms with Crippen LogP contribution in [0.15, 0.2) is 65.5 Å². The van der Waals surface area contributed by atoms with Crippen molar-refractivity contribution in [3.05, 3.63) is 78.2 Å². The molecule has 2 fully saturated rings. The van der Waals surface area contributed by atoms with Gasteiger partial charge in [0, 0.05) is 38.3 Å². The second-order valence-electron chi connectivity index (χ2n) is 10.9. The third-order valence-corrected chi connectivity index (χ3v) is 7.97. The molecule has 0 radical (unpaired) electrons. The quantitative estimate of drug-likeness (QED) is 0.284. The van der Waals surface area contributed by atoms with Crippen LogP contribution in [-0.2, 0) is 6.18 Å². The number of oxazole rings is 1. The van der Waals surface area contributed by atoms with Crippen molar-refractivity contribution in [3.8, 4) is 23.0 Å². The van der Waals surface area contributed by atoms with Crippen molar-refractivity contribution in [3.63, 3.8) is 0 Å². The summed E-state index contributed by atoms with van der Waals surface area (Å²) in [6, 6.07) is 9.35. The molecule has 10 nitrogen and oxygen atoms in total. The van der Waals surface area contributed by atoms with Crippen molar-refractivity contribution in [2.24, 2.45) is 0 Å². The van der Waals surface area contributed by atoms with Gasteiger partial charge in [-0.05, 0) is 50.8 Å². The average Bonchev–Trinajstić information content (AvgIpc) is 3.66. The van der Waals surface area contributed by atoms with Gasteiger partial charge in [0.25, 0.3) is 5.91 Å². The molecule has 1 amide bonds. The first kappa shape index (κ1) is 29.5. The zero-order valence-corrected chi connectivity index (χ0v) is 23.9. The molecule has 0 bridgehead atoms. The van der Waals surface area contributed by atoms with E-state index in [9.17, 15) is 9.18 Å². The van der Waals surface area contributed by atoms with Crippen molar-refractivity contribution in [2.75, 3.05) is 50.5 Å². The molecule has 2 aromatic heterocycles. The molecule has 0 spiro atoms. The topological polar surface area (TPSA) is 99.9 Å². The summed E-state index contributed by atoms with van der Waals surface area (Å²) >= 11 is 0. The molecule has 1 N–H and O–H groups in total. The van der Waals surface area contributed by atoms with Gasteiger partial charge in [-0.3, -0.25) is 9.69 Å². The van der Waals surface area contributed by atoms with Gasteiger partial charge in [-0.15, -0.1) is 0 Å². The van der Waals surface area contributed by atoms with Crippen molar-refractivity contribution >= 4 is 17.3 Å². The largest absolute Gasteiger partial charge is 0.454 e. The predicted molar refractivity (Wildman–Crippen MR) is 153 cm³/mol. The smallest absolute Gasteiger partial charge is 0.422 e. The zero-order valence-electron chi connectivity index (χ0n) is 23.9. The molecule has 44 heavy (non-hydrogen) atoms. The van der Waals surface area contributed by atoms with Gasteiger partial charge in [0.1, 0.15) is 17.6 Å². The normalized spacial score (nSPS) is 18.8. The van der Waals surface area contributed by atoms with Crippen LogP contribution in [0.2, 0.25) is 0 Å². The molecule has 14 heteroatoms. The van der Waals surface area contributed by atoms with Gasteiger partial charge < -0.3 is 24.3 Å². The van der Waals surface area contributed by atoms with Crippen molar-refractivity contribution in [2.45, 2.75) is 24.7 Å². The van der Waals surface area contributed by atoms with Gasteiger partial charge in [-0.1, -0.05) is 12.1 Å². The number of benzene rings is 2. The highest BCUT2D eigenvalue weighted by molar-refractivity contribution is 6.05. The number of ether oxygens (including phenoxy) is 1. The summed E-state index contributed by atoms with van der Waals surface area (Å²) in [5.41, 5.74) is -1.14. The van der Waals surface area contributed by atoms with E-state index < -0.39 is 29.2 Å². The summed E-state index contributed by atoms with van der Waals surface area (Å²) in [6.07, 6.45) is -0.0810. The Bertz CT molecular complexity index is 1650. The molecule has 2 saturated heterocycles. The van der Waals surface area contributed by atoms with Crippen molar-refractivity contribution < 1.29 is 31.5 Å². The summed E-state index contributed by atoms with van der Waals surface area (Å²) in [5, 5.41) is 10.1. The Kier molecular flexibility index (Phi) is 7.95. The van der Waals surface area contributed by atoms with Crippen LogP contribution in [0.5, 0.6) is 11.5 Å². The number of hydrogen-bond donors (Lipinski definition) is 1. The molecule has 4 aromatic rings. The fourth-order valence-corrected chi connectivity index (χ4v) is 5.91. The molecule has 0 unspecified atom stereocenters. The molecule has 230 valence electrons. The molecule has 0 aliphatic carbocycles. The van der Waals surface area contributed by atoms with Gasteiger partial charge in [-0.2, -0.15) is 23.4 Å². The van der Waals surface area contributed by atoms with Crippen LogP contribution in [0.1, 0.15) is 22.5 Å². The maximum atomic E-state index is 15.0. The van der Waals surface area contributed by atoms with E-state index in [-0.39, 0.29) is 53.9 Å². The number of nitrogens with zero attached hydrogens (tertiary/aromatic N) is 6. The van der Waals surface area contributed by atoms with E-state index in [0.717, 1.165) is 31.4 Å². The lowest BCUT2D eigenvalue weighted by Crippen LogP contribution is -2.56. The van der Waals surface area contributed by atoms with Crippen molar-refractivity contribution in [1.82, 2.24) is 25.0 Å². The van der Waals surface area contributed by atoms with Gasteiger partial charge >= 0.3 is 6.18 Å². The molecule has 6 rings (SSSR count). The van der Waals surface area contributed by atoms with Crippen LogP contribution in [0, 0.1) is 5.82 Å². The first-order valence-electron chi connectivity index (χ1n) is 14.0. The molecule has 0 saturated carbocycles. The minimum Gasteiger partial charge on any atom is -0.454 e. The lowest BCUT2D eigenvalue weighted by atomic mass is 10.0. The minimum atomic E-state index is -4.92. The number of carbonyl (C=O) groups excluding carboxylic acids is 1. The number of alkyl halides is 3. The van der Waals surface area contributed by atoms with E-state index in [1.807, 2.05) is 14.1 Å². The molecule has 2 aliphatic rings. The molecular formula is C30H29F4N7O3. The third kappa shape index (κ3) is 5.82. The summed E-state index contributed by atoms with van der Waals surface area (Å²) in [6.45, 7) is 1.93. The lowest BCUT2D eigenvalue weighted by molar-refractivity contribution is -0.138. The Hall–Kier alpha value is -4.56. The molecule has 2 aliphatic heterocycles. The number of nitrogens with one attached hydrogen (secondary N) is 1. The Morgan fingerprint density at radius 1 is 1.07 bits per heavy atom. The maximum absolute atomic E-state index is 15.0. The van der Waals surface area contributed by atoms with E-state index in [4.69, 9.17) is 9.15 Å². The highest BCUT2D eigenvalue weighted by Crippen LogP contribution is 2.48. The highest BCUT2D eigenvalue weighted by Gasteiger charge is 2.44. The third-order valence-electron chi connectivity index (χ3n) is 7.97. The van der Waals surface area contributed by atoms with Crippen LogP contribution in [0.4, 0.5) is 28.9 Å². The average molecular weight is 612 g/mol. The second-order valence-corrected chi connectivity index (χ2v) is 10.9. The summed E-state index contributed by atoms with van der Waals surface area (Å²) in [5.74, 6) is -2.41. The summed E-state index contributed by atoms with van der Waals surface area (Å²) in [4.78, 5) is 23.5. The number of fused-ring (bicyclic) bond motifs is 1. The Morgan fingerprint density at radius 3 is 2.61 bits per heavy atom. The maximum Gasteiger partial charge on any atom is 0.422 e. The molecule has 2 aromatic carbocycles. The van der Waals surface area contributed by atoms with Crippen LogP contribution in [-0.4, -0.2) is 83.2 Å². The fraction of sp³-hybridized carbons (Fsp3) is 0.333. The Labute approximate surface area is 250 Å². The van der Waals surface area contributed by atoms with Gasteiger partial charge in [0.2, 0.25) is 5.89 Å². The zero-order chi connectivity index (χ0) is 31.0. The number of halogens is 4. The molecular weight excluding hydrogens is 582 g/mol. The van der Waals surface area contributed by atoms with Crippen LogP contribution >= 0.6 is 0 Å². The number of para-hydroxylation sites is 1. The Balaban J connectivity index is 1.41. The number of likely N-dealkylation sites (N-methyl/N-ethyl adjacent to an activating group) is 1. The van der Waals surface area contributed by atoms with Gasteiger partial charge in [-0.25, -0.2) is 9.37 Å². The number of hydrogen-bond acceptors (Lipinski definition) is 9. The van der Waals surface area contributed by atoms with E-state index in [0.29, 0.717) is 12.1 Å². The van der Waals surface area contributed by atoms with Crippen molar-refractivity contribution in [1.29, 1.82) is 0 Å².